The number of thiophene rings is 1. The molecule has 1 heterocycles. The number of benzene rings is 1. The first-order chi connectivity index (χ1) is 8.16. The van der Waals surface area contributed by atoms with Crippen LogP contribution in [-0.2, 0) is 0 Å². The molecule has 5 heteroatoms. The van der Waals surface area contributed by atoms with Crippen LogP contribution in [0.4, 0.5) is 5.69 Å². The van der Waals surface area contributed by atoms with Crippen LogP contribution in [0.25, 0.3) is 0 Å². The number of hydrogen-bond donors (Lipinski definition) is 3. The third kappa shape index (κ3) is 3.12. The van der Waals surface area contributed by atoms with E-state index >= 15 is 0 Å². The first-order valence-corrected chi connectivity index (χ1v) is 6.49. The summed E-state index contributed by atoms with van der Waals surface area (Å²) in [4.78, 5) is 0. The van der Waals surface area contributed by atoms with Gasteiger partial charge in [-0.2, -0.15) is 11.3 Å². The number of phenolic OH excluding ortho intramolecular Hbond substituents is 1. The first-order valence-electron chi connectivity index (χ1n) is 5.17. The summed E-state index contributed by atoms with van der Waals surface area (Å²) >= 11 is 7.47. The summed E-state index contributed by atoms with van der Waals surface area (Å²) in [6.07, 6.45) is 0. The maximum atomic E-state index is 9.32. The molecule has 0 saturated carbocycles. The van der Waals surface area contributed by atoms with E-state index < -0.39 is 0 Å². The smallest absolute Gasteiger partial charge is 0.134 e. The van der Waals surface area contributed by atoms with Gasteiger partial charge in [-0.15, -0.1) is 0 Å². The highest BCUT2D eigenvalue weighted by molar-refractivity contribution is 7.08. The van der Waals surface area contributed by atoms with Crippen molar-refractivity contribution >= 4 is 28.6 Å². The second-order valence-electron chi connectivity index (χ2n) is 3.71. The fourth-order valence-corrected chi connectivity index (χ4v) is 2.27. The molecule has 1 aromatic carbocycles. The zero-order valence-corrected chi connectivity index (χ0v) is 10.6. The lowest BCUT2D eigenvalue weighted by molar-refractivity contribution is 0.475. The van der Waals surface area contributed by atoms with Crippen molar-refractivity contribution in [2.24, 2.45) is 5.73 Å². The van der Waals surface area contributed by atoms with E-state index in [-0.39, 0.29) is 11.8 Å². The van der Waals surface area contributed by atoms with Crippen LogP contribution in [-0.4, -0.2) is 11.7 Å². The molecular weight excluding hydrogens is 256 g/mol. The highest BCUT2D eigenvalue weighted by Crippen LogP contribution is 2.26. The minimum atomic E-state index is -0.159. The second kappa shape index (κ2) is 5.40. The maximum Gasteiger partial charge on any atom is 0.134 e. The third-order valence-electron chi connectivity index (χ3n) is 2.45. The molecule has 1 atom stereocenters. The molecule has 1 unspecified atom stereocenters. The molecular formula is C12H13ClN2OS. The highest BCUT2D eigenvalue weighted by atomic mass is 35.5. The number of anilines is 1. The van der Waals surface area contributed by atoms with Gasteiger partial charge in [0.1, 0.15) is 5.75 Å². The summed E-state index contributed by atoms with van der Waals surface area (Å²) in [5.41, 5.74) is 7.99. The van der Waals surface area contributed by atoms with Crippen LogP contribution in [0.15, 0.2) is 35.0 Å². The van der Waals surface area contributed by atoms with Crippen molar-refractivity contribution in [3.8, 4) is 5.75 Å². The van der Waals surface area contributed by atoms with Gasteiger partial charge in [-0.1, -0.05) is 17.7 Å². The van der Waals surface area contributed by atoms with Crippen molar-refractivity contribution in [1.29, 1.82) is 0 Å². The van der Waals surface area contributed by atoms with Gasteiger partial charge < -0.3 is 16.2 Å². The Balaban J connectivity index is 1.99. The van der Waals surface area contributed by atoms with E-state index in [0.717, 1.165) is 11.3 Å². The average Bonchev–Trinajstić information content (AvgIpc) is 2.82. The van der Waals surface area contributed by atoms with Crippen molar-refractivity contribution in [1.82, 2.24) is 0 Å². The Morgan fingerprint density at radius 1 is 1.41 bits per heavy atom. The molecule has 17 heavy (non-hydrogen) atoms. The van der Waals surface area contributed by atoms with E-state index in [9.17, 15) is 5.11 Å². The Kier molecular flexibility index (Phi) is 3.89. The lowest BCUT2D eigenvalue weighted by atomic mass is 10.1. The van der Waals surface area contributed by atoms with Crippen molar-refractivity contribution < 1.29 is 5.11 Å². The third-order valence-corrected chi connectivity index (χ3v) is 3.43. The first kappa shape index (κ1) is 12.2. The van der Waals surface area contributed by atoms with Gasteiger partial charge in [0.2, 0.25) is 0 Å². The summed E-state index contributed by atoms with van der Waals surface area (Å²) in [6.45, 7) is 0.623. The average molecular weight is 269 g/mol. The molecule has 2 rings (SSSR count). The predicted octanol–water partition coefficient (Wildman–Crippen LogP) is 3.22. The molecule has 0 saturated heterocycles. The Morgan fingerprint density at radius 2 is 2.24 bits per heavy atom. The monoisotopic (exact) mass is 268 g/mol. The van der Waals surface area contributed by atoms with Crippen LogP contribution in [0.3, 0.4) is 0 Å². The van der Waals surface area contributed by atoms with Crippen molar-refractivity contribution in [2.45, 2.75) is 6.04 Å². The zero-order chi connectivity index (χ0) is 12.3. The van der Waals surface area contributed by atoms with Crippen molar-refractivity contribution in [3.63, 3.8) is 0 Å². The molecule has 0 amide bonds. The summed E-state index contributed by atoms with van der Waals surface area (Å²) < 4.78 is 0. The van der Waals surface area contributed by atoms with E-state index in [1.165, 1.54) is 0 Å². The summed E-state index contributed by atoms with van der Waals surface area (Å²) in [5.74, 6) is 0.0772. The Bertz CT molecular complexity index is 487. The quantitative estimate of drug-likeness (QED) is 0.798. The summed E-state index contributed by atoms with van der Waals surface area (Å²) in [6, 6.07) is 6.87. The maximum absolute atomic E-state index is 9.32. The van der Waals surface area contributed by atoms with Gasteiger partial charge in [-0.3, -0.25) is 0 Å². The minimum Gasteiger partial charge on any atom is -0.506 e. The summed E-state index contributed by atoms with van der Waals surface area (Å²) in [7, 11) is 0. The lowest BCUT2D eigenvalue weighted by Gasteiger charge is -2.13. The summed E-state index contributed by atoms with van der Waals surface area (Å²) in [5, 5.41) is 16.9. The second-order valence-corrected chi connectivity index (χ2v) is 4.90. The minimum absolute atomic E-state index is 0.0772. The molecule has 0 fully saturated rings. The number of hydrogen-bond acceptors (Lipinski definition) is 4. The van der Waals surface area contributed by atoms with Gasteiger partial charge in [0, 0.05) is 23.7 Å². The van der Waals surface area contributed by atoms with Crippen molar-refractivity contribution in [2.75, 3.05) is 11.9 Å². The van der Waals surface area contributed by atoms with Crippen LogP contribution < -0.4 is 11.1 Å². The molecule has 0 spiro atoms. The molecule has 3 nitrogen and oxygen atoms in total. The zero-order valence-electron chi connectivity index (χ0n) is 9.06. The largest absolute Gasteiger partial charge is 0.506 e. The van der Waals surface area contributed by atoms with Gasteiger partial charge in [-0.25, -0.2) is 0 Å². The molecule has 1 aromatic heterocycles. The number of aromatic hydroxyl groups is 1. The number of nitrogens with two attached hydrogens (primary N) is 1. The van der Waals surface area contributed by atoms with E-state index in [0.29, 0.717) is 11.6 Å². The van der Waals surface area contributed by atoms with E-state index in [4.69, 9.17) is 17.3 Å². The molecule has 90 valence electrons. The Hall–Kier alpha value is -1.23. The Labute approximate surface area is 109 Å². The SMILES string of the molecule is NC(CNc1ccsc1)c1ccc(O)c(Cl)c1. The molecule has 0 aliphatic heterocycles. The standard InChI is InChI=1S/C12H13ClN2OS/c13-10-5-8(1-2-12(10)16)11(14)6-15-9-3-4-17-7-9/h1-5,7,11,15-16H,6,14H2. The molecule has 0 bridgehead atoms. The molecule has 4 N–H and O–H groups in total. The van der Waals surface area contributed by atoms with Gasteiger partial charge in [0.05, 0.1) is 5.02 Å². The van der Waals surface area contributed by atoms with E-state index in [1.54, 1.807) is 29.5 Å². The highest BCUT2D eigenvalue weighted by Gasteiger charge is 2.08. The van der Waals surface area contributed by atoms with Crippen molar-refractivity contribution in [3.05, 3.63) is 45.6 Å². The van der Waals surface area contributed by atoms with Gasteiger partial charge >= 0.3 is 0 Å². The molecule has 0 aliphatic rings. The lowest BCUT2D eigenvalue weighted by Crippen LogP contribution is -2.20. The van der Waals surface area contributed by atoms with Gasteiger partial charge in [0.25, 0.3) is 0 Å². The predicted molar refractivity (Wildman–Crippen MR) is 72.9 cm³/mol. The number of rotatable bonds is 4. The molecule has 0 radical (unpaired) electrons. The van der Waals surface area contributed by atoms with Crippen LogP contribution >= 0.6 is 22.9 Å². The van der Waals surface area contributed by atoms with E-state index in [2.05, 4.69) is 5.32 Å². The van der Waals surface area contributed by atoms with E-state index in [1.807, 2.05) is 16.8 Å². The van der Waals surface area contributed by atoms with Gasteiger partial charge in [0.15, 0.2) is 0 Å². The fourth-order valence-electron chi connectivity index (χ4n) is 1.46. The number of nitrogens with one attached hydrogen (secondary N) is 1. The molecule has 2 aromatic rings. The fraction of sp³-hybridized carbons (Fsp3) is 0.167. The Morgan fingerprint density at radius 3 is 2.88 bits per heavy atom. The topological polar surface area (TPSA) is 58.3 Å². The van der Waals surface area contributed by atoms with Crippen LogP contribution in [0, 0.1) is 0 Å². The number of phenols is 1. The van der Waals surface area contributed by atoms with Gasteiger partial charge in [-0.05, 0) is 29.1 Å². The van der Waals surface area contributed by atoms with Crippen LogP contribution in [0.2, 0.25) is 5.02 Å². The molecule has 0 aliphatic carbocycles. The number of halogens is 1. The van der Waals surface area contributed by atoms with Crippen LogP contribution in [0.1, 0.15) is 11.6 Å². The van der Waals surface area contributed by atoms with Crippen LogP contribution in [0.5, 0.6) is 5.75 Å². The normalized spacial score (nSPS) is 12.4.